The van der Waals surface area contributed by atoms with Crippen molar-refractivity contribution in [2.45, 2.75) is 234 Å². The Morgan fingerprint density at radius 3 is 1.88 bits per heavy atom. The number of hydrogen-bond acceptors (Lipinski definition) is 25. The predicted octanol–water partition coefficient (Wildman–Crippen LogP) is -3.23. The molecule has 26 nitrogen and oxygen atoms in total. The lowest BCUT2D eigenvalue weighted by Crippen LogP contribution is -2.61. The fourth-order valence-electron chi connectivity index (χ4n) is 10.7. The van der Waals surface area contributed by atoms with E-state index in [1.807, 2.05) is 32.8 Å². The van der Waals surface area contributed by atoms with E-state index in [0.717, 1.165) is 0 Å². The zero-order chi connectivity index (χ0) is 58.3. The second-order valence-corrected chi connectivity index (χ2v) is 22.0. The molecule has 0 amide bonds. The lowest BCUT2D eigenvalue weighted by molar-refractivity contribution is -0.326. The number of aliphatic carboxylic acids is 1. The topological polar surface area (TPSA) is 401 Å². The first-order valence-electron chi connectivity index (χ1n) is 25.9. The molecule has 0 saturated carbocycles. The second kappa shape index (κ2) is 28.5. The third-order valence-corrected chi connectivity index (χ3v) is 15.9. The molecule has 76 heavy (non-hydrogen) atoms. The summed E-state index contributed by atoms with van der Waals surface area (Å²) in [5, 5.41) is 130. The zero-order valence-electron chi connectivity index (χ0n) is 46.3. The molecule has 0 spiro atoms. The van der Waals surface area contributed by atoms with Crippen molar-refractivity contribution in [2.75, 3.05) is 41.5 Å². The normalized spacial score (nSPS) is 44.9. The van der Waals surface area contributed by atoms with Crippen molar-refractivity contribution in [3.8, 4) is 0 Å². The minimum atomic E-state index is -2.39. The third-order valence-electron chi connectivity index (χ3n) is 15.9. The number of methoxy groups -OCH3 is 2. The number of rotatable bonds is 16. The molecule has 13 N–H and O–H groups in total. The molecule has 4 rings (SSSR count). The van der Waals surface area contributed by atoms with Crippen molar-refractivity contribution in [3.63, 3.8) is 0 Å². The molecule has 4 aliphatic heterocycles. The average Bonchev–Trinajstić information content (AvgIpc) is 3.37. The fraction of sp³-hybridized carbons (Fsp3) is 0.940. The van der Waals surface area contributed by atoms with Crippen LogP contribution in [0.25, 0.3) is 0 Å². The minimum absolute atomic E-state index is 0.111. The van der Waals surface area contributed by atoms with Gasteiger partial charge in [0.05, 0.1) is 60.9 Å². The largest absolute Gasteiger partial charge is 0.479 e. The third kappa shape index (κ3) is 15.6. The van der Waals surface area contributed by atoms with E-state index < -0.39 is 176 Å². The maximum absolute atomic E-state index is 14.2. The number of esters is 1. The molecule has 27 atom stereocenters. The lowest BCUT2D eigenvalue weighted by atomic mass is 9.74. The van der Waals surface area contributed by atoms with E-state index in [0.29, 0.717) is 6.42 Å². The fourth-order valence-corrected chi connectivity index (χ4v) is 10.7. The van der Waals surface area contributed by atoms with Gasteiger partial charge in [0.15, 0.2) is 25.0 Å². The Kier molecular flexibility index (Phi) is 25.5. The summed E-state index contributed by atoms with van der Waals surface area (Å²) < 4.78 is 53.9. The number of nitrogens with zero attached hydrogens (tertiary/aromatic N) is 1. The number of carbonyl (C=O) groups excluding carboxylic acids is 2. The van der Waals surface area contributed by atoms with Crippen LogP contribution in [0.1, 0.15) is 94.9 Å². The smallest absolute Gasteiger partial charge is 0.335 e. The number of ether oxygens (including phenoxy) is 9. The number of hydrogen-bond donors (Lipinski definition) is 13. The van der Waals surface area contributed by atoms with Crippen LogP contribution in [-0.4, -0.2) is 270 Å². The van der Waals surface area contributed by atoms with Crippen molar-refractivity contribution in [1.82, 2.24) is 4.90 Å². The first-order valence-corrected chi connectivity index (χ1v) is 25.9. The summed E-state index contributed by atoms with van der Waals surface area (Å²) in [7, 11) is 6.77. The summed E-state index contributed by atoms with van der Waals surface area (Å²) in [6.45, 7) is 15.3. The van der Waals surface area contributed by atoms with Gasteiger partial charge in [-0.15, -0.1) is 0 Å². The van der Waals surface area contributed by atoms with E-state index >= 15 is 0 Å². The van der Waals surface area contributed by atoms with E-state index in [2.05, 4.69) is 0 Å². The minimum Gasteiger partial charge on any atom is -0.479 e. The standard InChI is InChI=1S/C38H69NO13.C12H22O12/c1-15-26-38(10,45)31(42)21(4)28(40)19(2)17-37(9,47-14)33(52-35-29(41)25(39(11)12)16-20(3)48-35)22(5)30(23(6)34(44)50-26)51-27-18-36(8,46-13)32(43)24(7)49-27;13-1-3(15)10(7(18)8(19)11(21)22)24-12-9(20)6(17)5(16)4(2-14)23-12/h19-27,29-33,35,41-43,45H,15-18H2,1-14H3;3-10,12-20H,1-2H2,(H,21,22)/t19?,20?,21?,22?,23?,24?,25?,26?,27?,29?,30?,31?,32?,33?,35?,36-,37-,38+;/m1./s1. The number of aliphatic hydroxyl groups excluding tert-OH is 11. The van der Waals surface area contributed by atoms with Gasteiger partial charge in [-0.1, -0.05) is 27.7 Å². The van der Waals surface area contributed by atoms with Crippen LogP contribution in [0.4, 0.5) is 0 Å². The highest BCUT2D eigenvalue weighted by atomic mass is 16.7. The van der Waals surface area contributed by atoms with Gasteiger partial charge in [-0.05, 0) is 74.9 Å². The van der Waals surface area contributed by atoms with Gasteiger partial charge in [0.2, 0.25) is 0 Å². The molecule has 4 saturated heterocycles. The Hall–Kier alpha value is -2.23. The van der Waals surface area contributed by atoms with E-state index in [1.165, 1.54) is 21.1 Å². The Labute approximate surface area is 444 Å². The summed E-state index contributed by atoms with van der Waals surface area (Å²) in [5.41, 5.74) is -4.24. The van der Waals surface area contributed by atoms with E-state index in [9.17, 15) is 65.4 Å². The van der Waals surface area contributed by atoms with Crippen molar-refractivity contribution >= 4 is 17.7 Å². The highest BCUT2D eigenvalue weighted by molar-refractivity contribution is 5.83. The van der Waals surface area contributed by atoms with Gasteiger partial charge >= 0.3 is 11.9 Å². The molecule has 0 aromatic carbocycles. The van der Waals surface area contributed by atoms with Crippen molar-refractivity contribution in [3.05, 3.63) is 0 Å². The molecule has 0 aromatic rings. The zero-order valence-corrected chi connectivity index (χ0v) is 46.3. The number of Topliss-reactive ketones (excluding diaryl/α,β-unsaturated/α-hetero) is 1. The van der Waals surface area contributed by atoms with Gasteiger partial charge < -0.3 is 114 Å². The number of cyclic esters (lactones) is 1. The van der Waals surface area contributed by atoms with Gasteiger partial charge in [-0.3, -0.25) is 9.59 Å². The molecular weight excluding hydrogens is 1010 g/mol. The molecule has 4 fully saturated rings. The first-order chi connectivity index (χ1) is 35.1. The maximum Gasteiger partial charge on any atom is 0.335 e. The first kappa shape index (κ1) is 68.0. The number of carbonyl (C=O) groups is 3. The van der Waals surface area contributed by atoms with Gasteiger partial charge in [0.1, 0.15) is 72.4 Å². The quantitative estimate of drug-likeness (QED) is 0.0676. The molecule has 0 aromatic heterocycles. The molecule has 4 heterocycles. The van der Waals surface area contributed by atoms with Crippen LogP contribution in [0.3, 0.4) is 0 Å². The van der Waals surface area contributed by atoms with Crippen molar-refractivity contribution < 1.29 is 123 Å². The van der Waals surface area contributed by atoms with Gasteiger partial charge in [-0.2, -0.15) is 0 Å². The number of ketones is 1. The molecule has 0 radical (unpaired) electrons. The van der Waals surface area contributed by atoms with E-state index in [1.54, 1.807) is 48.5 Å². The Balaban J connectivity index is 0.000000529. The molecule has 0 aliphatic carbocycles. The average molecular weight is 1110 g/mol. The Morgan fingerprint density at radius 1 is 0.776 bits per heavy atom. The SMILES string of the molecule is CCC1OC(=O)C(C)C(OC2C[C@@](C)(OC)C(O)C(C)O2)C(C)C(OC2OC(C)CC(N(C)C)C2O)[C@](C)(OC)CC(C)C(=O)C(C)C(O)[C@@]1(C)O.O=C(O)C(O)C(O)C(OC1OC(CO)C(O)C(O)C1O)C(O)CO. The van der Waals surface area contributed by atoms with Gasteiger partial charge in [0, 0.05) is 44.4 Å². The Morgan fingerprint density at radius 2 is 1.37 bits per heavy atom. The van der Waals surface area contributed by atoms with Gasteiger partial charge in [0.25, 0.3) is 0 Å². The summed E-state index contributed by atoms with van der Waals surface area (Å²) in [6, 6.07) is -0.283. The van der Waals surface area contributed by atoms with Crippen molar-refractivity contribution in [1.29, 1.82) is 0 Å². The Bertz CT molecular complexity index is 1810. The molecule has 24 unspecified atom stereocenters. The number of carboxylic acids is 1. The highest BCUT2D eigenvalue weighted by Gasteiger charge is 2.55. The van der Waals surface area contributed by atoms with Crippen LogP contribution in [0.15, 0.2) is 0 Å². The molecule has 446 valence electrons. The summed E-state index contributed by atoms with van der Waals surface area (Å²) in [6.07, 6.45) is -25.7. The van der Waals surface area contributed by atoms with Crippen LogP contribution in [0, 0.1) is 23.7 Å². The van der Waals surface area contributed by atoms with Gasteiger partial charge in [-0.25, -0.2) is 4.79 Å². The van der Waals surface area contributed by atoms with Crippen LogP contribution in [-0.2, 0) is 57.0 Å². The summed E-state index contributed by atoms with van der Waals surface area (Å²) in [5.74, 6) is -6.31. The molecule has 0 bridgehead atoms. The molecular formula is C50H91NO25. The van der Waals surface area contributed by atoms with Crippen LogP contribution in [0.5, 0.6) is 0 Å². The summed E-state index contributed by atoms with van der Waals surface area (Å²) >= 11 is 0. The molecule has 26 heteroatoms. The molecule has 4 aliphatic rings. The van der Waals surface area contributed by atoms with Crippen LogP contribution < -0.4 is 0 Å². The van der Waals surface area contributed by atoms with E-state index in [4.69, 9.17) is 58.0 Å². The predicted molar refractivity (Wildman–Crippen MR) is 262 cm³/mol. The lowest BCUT2D eigenvalue weighted by Gasteiger charge is -2.50. The number of aliphatic hydroxyl groups is 12. The monoisotopic (exact) mass is 1110 g/mol. The second-order valence-electron chi connectivity index (χ2n) is 22.0. The highest BCUT2D eigenvalue weighted by Crippen LogP contribution is 2.42. The number of likely N-dealkylation sites (N-methyl/N-ethyl adjacent to an activating group) is 1. The van der Waals surface area contributed by atoms with Crippen LogP contribution in [0.2, 0.25) is 0 Å². The maximum atomic E-state index is 14.2. The van der Waals surface area contributed by atoms with Crippen LogP contribution >= 0.6 is 0 Å². The summed E-state index contributed by atoms with van der Waals surface area (Å²) in [4.78, 5) is 40.8. The van der Waals surface area contributed by atoms with Crippen molar-refractivity contribution in [2.24, 2.45) is 23.7 Å². The number of carboxylic acid groups (broad SMARTS) is 1. The van der Waals surface area contributed by atoms with E-state index in [-0.39, 0.29) is 37.2 Å².